The topological polar surface area (TPSA) is 37.4 Å². The Morgan fingerprint density at radius 2 is 1.28 bits per heavy atom. The lowest BCUT2D eigenvalue weighted by molar-refractivity contribution is 0.0956. The van der Waals surface area contributed by atoms with E-state index < -0.39 is 0 Å². The molecule has 2 unspecified atom stereocenters. The Kier molecular flexibility index (Phi) is 6.61. The molecule has 0 radical (unpaired) electrons. The molecule has 0 heterocycles. The average Bonchev–Trinajstić information content (AvgIpc) is 2.78. The summed E-state index contributed by atoms with van der Waals surface area (Å²) in [5, 5.41) is 0. The van der Waals surface area contributed by atoms with Crippen LogP contribution in [0, 0.1) is 5.92 Å². The number of hydrogen-bond donors (Lipinski definition) is 0. The molecule has 3 aromatic carbocycles. The molecule has 0 spiro atoms. The SMILES string of the molecule is CC(CC(=O)c1ccccc1)C(C)c1ccccc1N(C)C(=O)c1ccccc1. The first-order valence-electron chi connectivity index (χ1n) is 9.99. The highest BCUT2D eigenvalue weighted by molar-refractivity contribution is 6.06. The maximum absolute atomic E-state index is 12.9. The lowest BCUT2D eigenvalue weighted by Crippen LogP contribution is -2.28. The summed E-state index contributed by atoms with van der Waals surface area (Å²) in [4.78, 5) is 27.3. The third-order valence-electron chi connectivity index (χ3n) is 5.57. The minimum Gasteiger partial charge on any atom is -0.311 e. The van der Waals surface area contributed by atoms with E-state index in [1.165, 1.54) is 0 Å². The van der Waals surface area contributed by atoms with E-state index in [0.717, 1.165) is 16.8 Å². The maximum Gasteiger partial charge on any atom is 0.258 e. The normalized spacial score (nSPS) is 12.8. The van der Waals surface area contributed by atoms with Gasteiger partial charge in [-0.25, -0.2) is 0 Å². The number of hydrogen-bond acceptors (Lipinski definition) is 2. The number of nitrogens with zero attached hydrogens (tertiary/aromatic N) is 1. The van der Waals surface area contributed by atoms with E-state index in [1.807, 2.05) is 78.9 Å². The third kappa shape index (κ3) is 4.80. The molecule has 3 nitrogen and oxygen atoms in total. The highest BCUT2D eigenvalue weighted by Gasteiger charge is 2.23. The molecule has 0 aliphatic carbocycles. The molecule has 29 heavy (non-hydrogen) atoms. The fraction of sp³-hybridized carbons (Fsp3) is 0.231. The Hall–Kier alpha value is -3.20. The zero-order chi connectivity index (χ0) is 20.8. The van der Waals surface area contributed by atoms with E-state index >= 15 is 0 Å². The number of carbonyl (C=O) groups is 2. The van der Waals surface area contributed by atoms with E-state index in [9.17, 15) is 9.59 Å². The van der Waals surface area contributed by atoms with Crippen LogP contribution >= 0.6 is 0 Å². The molecule has 0 aliphatic rings. The molecule has 0 fully saturated rings. The summed E-state index contributed by atoms with van der Waals surface area (Å²) in [6, 6.07) is 26.7. The Balaban J connectivity index is 1.80. The van der Waals surface area contributed by atoms with Gasteiger partial charge in [0.15, 0.2) is 5.78 Å². The zero-order valence-corrected chi connectivity index (χ0v) is 17.2. The van der Waals surface area contributed by atoms with E-state index in [-0.39, 0.29) is 23.5 Å². The minimum atomic E-state index is -0.0433. The third-order valence-corrected chi connectivity index (χ3v) is 5.57. The Morgan fingerprint density at radius 1 is 0.759 bits per heavy atom. The number of anilines is 1. The summed E-state index contributed by atoms with van der Waals surface area (Å²) in [6.45, 7) is 4.23. The fourth-order valence-corrected chi connectivity index (χ4v) is 3.58. The Bertz CT molecular complexity index is 966. The smallest absolute Gasteiger partial charge is 0.258 e. The number of Topliss-reactive ketones (excluding diaryl/α,β-unsaturated/α-hetero) is 1. The van der Waals surface area contributed by atoms with Crippen LogP contribution in [-0.2, 0) is 0 Å². The lowest BCUT2D eigenvalue weighted by atomic mass is 9.83. The minimum absolute atomic E-state index is 0.0433. The number of rotatable bonds is 7. The van der Waals surface area contributed by atoms with Gasteiger partial charge in [0.05, 0.1) is 0 Å². The van der Waals surface area contributed by atoms with Crippen LogP contribution in [0.4, 0.5) is 5.69 Å². The molecule has 3 aromatic rings. The first kappa shape index (κ1) is 20.5. The van der Waals surface area contributed by atoms with Gasteiger partial charge in [-0.2, -0.15) is 0 Å². The summed E-state index contributed by atoms with van der Waals surface area (Å²) in [5.74, 6) is 0.378. The largest absolute Gasteiger partial charge is 0.311 e. The summed E-state index contributed by atoms with van der Waals surface area (Å²) in [6.07, 6.45) is 0.468. The molecule has 3 heteroatoms. The van der Waals surface area contributed by atoms with E-state index in [2.05, 4.69) is 19.9 Å². The predicted octanol–water partition coefficient (Wildman–Crippen LogP) is 5.98. The second-order valence-electron chi connectivity index (χ2n) is 7.55. The summed E-state index contributed by atoms with van der Waals surface area (Å²) < 4.78 is 0. The van der Waals surface area contributed by atoms with Gasteiger partial charge in [-0.1, -0.05) is 80.6 Å². The van der Waals surface area contributed by atoms with Gasteiger partial charge >= 0.3 is 0 Å². The van der Waals surface area contributed by atoms with Crippen LogP contribution in [0.15, 0.2) is 84.9 Å². The van der Waals surface area contributed by atoms with E-state index in [0.29, 0.717) is 12.0 Å². The molecule has 0 aromatic heterocycles. The average molecular weight is 386 g/mol. The van der Waals surface area contributed by atoms with Crippen LogP contribution in [0.2, 0.25) is 0 Å². The van der Waals surface area contributed by atoms with E-state index in [4.69, 9.17) is 0 Å². The number of ketones is 1. The van der Waals surface area contributed by atoms with E-state index in [1.54, 1.807) is 11.9 Å². The zero-order valence-electron chi connectivity index (χ0n) is 17.2. The highest BCUT2D eigenvalue weighted by atomic mass is 16.2. The van der Waals surface area contributed by atoms with Gasteiger partial charge in [0, 0.05) is 30.3 Å². The van der Waals surface area contributed by atoms with Crippen LogP contribution in [0.3, 0.4) is 0 Å². The highest BCUT2D eigenvalue weighted by Crippen LogP contribution is 2.34. The van der Waals surface area contributed by atoms with Crippen LogP contribution in [0.25, 0.3) is 0 Å². The second kappa shape index (κ2) is 9.33. The maximum atomic E-state index is 12.9. The molecule has 0 saturated heterocycles. The lowest BCUT2D eigenvalue weighted by Gasteiger charge is -2.27. The monoisotopic (exact) mass is 385 g/mol. The van der Waals surface area contributed by atoms with Crippen molar-refractivity contribution in [3.8, 4) is 0 Å². The van der Waals surface area contributed by atoms with Gasteiger partial charge in [0.1, 0.15) is 0 Å². The number of benzene rings is 3. The molecule has 148 valence electrons. The van der Waals surface area contributed by atoms with Gasteiger partial charge in [-0.3, -0.25) is 9.59 Å². The Morgan fingerprint density at radius 3 is 1.90 bits per heavy atom. The molecule has 0 N–H and O–H groups in total. The van der Waals surface area contributed by atoms with Crippen molar-refractivity contribution in [2.45, 2.75) is 26.2 Å². The van der Waals surface area contributed by atoms with Crippen molar-refractivity contribution in [1.29, 1.82) is 0 Å². The van der Waals surface area contributed by atoms with Crippen molar-refractivity contribution < 1.29 is 9.59 Å². The molecule has 1 amide bonds. The Labute approximate surface area is 173 Å². The fourth-order valence-electron chi connectivity index (χ4n) is 3.58. The van der Waals surface area contributed by atoms with Crippen molar-refractivity contribution in [2.24, 2.45) is 5.92 Å². The summed E-state index contributed by atoms with van der Waals surface area (Å²) in [7, 11) is 1.81. The molecular weight excluding hydrogens is 358 g/mol. The quantitative estimate of drug-likeness (QED) is 0.470. The van der Waals surface area contributed by atoms with Crippen LogP contribution in [-0.4, -0.2) is 18.7 Å². The first-order chi connectivity index (χ1) is 14.0. The first-order valence-corrected chi connectivity index (χ1v) is 9.99. The van der Waals surface area contributed by atoms with Crippen molar-refractivity contribution in [2.75, 3.05) is 11.9 Å². The molecule has 0 bridgehead atoms. The van der Waals surface area contributed by atoms with Crippen molar-refractivity contribution >= 4 is 17.4 Å². The number of amides is 1. The standard InChI is InChI=1S/C26H27NO2/c1-19(18-25(28)21-12-6-4-7-13-21)20(2)23-16-10-11-17-24(23)27(3)26(29)22-14-8-5-9-15-22/h4-17,19-20H,18H2,1-3H3. The van der Waals surface area contributed by atoms with Crippen molar-refractivity contribution in [3.63, 3.8) is 0 Å². The van der Waals surface area contributed by atoms with Gasteiger partial charge in [-0.15, -0.1) is 0 Å². The predicted molar refractivity (Wildman–Crippen MR) is 119 cm³/mol. The van der Waals surface area contributed by atoms with Crippen LogP contribution in [0.1, 0.15) is 52.5 Å². The van der Waals surface area contributed by atoms with Gasteiger partial charge in [0.2, 0.25) is 0 Å². The number of carbonyl (C=O) groups excluding carboxylic acids is 2. The van der Waals surface area contributed by atoms with Crippen molar-refractivity contribution in [1.82, 2.24) is 0 Å². The van der Waals surface area contributed by atoms with Crippen molar-refractivity contribution in [3.05, 3.63) is 102 Å². The molecule has 3 rings (SSSR count). The summed E-state index contributed by atoms with van der Waals surface area (Å²) >= 11 is 0. The van der Waals surface area contributed by atoms with Crippen LogP contribution in [0.5, 0.6) is 0 Å². The van der Waals surface area contributed by atoms with Gasteiger partial charge < -0.3 is 4.90 Å². The summed E-state index contributed by atoms with van der Waals surface area (Å²) in [5.41, 5.74) is 3.36. The molecule has 0 saturated carbocycles. The molecule has 0 aliphatic heterocycles. The molecule has 2 atom stereocenters. The molecular formula is C26H27NO2. The van der Waals surface area contributed by atoms with Gasteiger partial charge in [0.25, 0.3) is 5.91 Å². The van der Waals surface area contributed by atoms with Gasteiger partial charge in [-0.05, 0) is 35.6 Å². The van der Waals surface area contributed by atoms with Crippen LogP contribution < -0.4 is 4.90 Å². The number of para-hydroxylation sites is 1. The second-order valence-corrected chi connectivity index (χ2v) is 7.55.